The molecule has 0 radical (unpaired) electrons. The zero-order valence-electron chi connectivity index (χ0n) is 20.4. The van der Waals surface area contributed by atoms with Gasteiger partial charge in [0, 0.05) is 6.42 Å². The summed E-state index contributed by atoms with van der Waals surface area (Å²) in [4.78, 5) is 27.0. The van der Waals surface area contributed by atoms with Gasteiger partial charge in [0.15, 0.2) is 11.6 Å². The van der Waals surface area contributed by atoms with Crippen LogP contribution in [0.15, 0.2) is 23.0 Å². The van der Waals surface area contributed by atoms with Crippen molar-refractivity contribution in [2.45, 2.75) is 92.8 Å². The van der Waals surface area contributed by atoms with Gasteiger partial charge in [-0.15, -0.1) is 0 Å². The second-order valence-corrected chi connectivity index (χ2v) is 12.1. The van der Waals surface area contributed by atoms with Crippen LogP contribution in [0.3, 0.4) is 0 Å². The van der Waals surface area contributed by atoms with Gasteiger partial charge < -0.3 is 15.3 Å². The maximum absolute atomic E-state index is 13.8. The molecule has 0 aromatic rings. The maximum Gasteiger partial charge on any atom is 0.178 e. The highest BCUT2D eigenvalue weighted by molar-refractivity contribution is 6.23. The van der Waals surface area contributed by atoms with E-state index in [4.69, 9.17) is 0 Å². The molecule has 3 aliphatic rings. The Hall–Kier alpha value is -1.46. The number of hydrogen-bond donors (Lipinski definition) is 3. The fourth-order valence-electron chi connectivity index (χ4n) is 7.13. The number of rotatable bonds is 6. The first-order chi connectivity index (χ1) is 14.0. The molecule has 5 atom stereocenters. The Balaban J connectivity index is 2.27. The second-order valence-electron chi connectivity index (χ2n) is 12.1. The van der Waals surface area contributed by atoms with Crippen LogP contribution in [0.25, 0.3) is 0 Å². The second kappa shape index (κ2) is 7.28. The summed E-state index contributed by atoms with van der Waals surface area (Å²) in [5, 5.41) is 34.2. The van der Waals surface area contributed by atoms with Crippen LogP contribution in [-0.2, 0) is 9.59 Å². The lowest BCUT2D eigenvalue weighted by Crippen LogP contribution is -2.52. The van der Waals surface area contributed by atoms with E-state index in [9.17, 15) is 24.9 Å². The van der Waals surface area contributed by atoms with E-state index in [2.05, 4.69) is 13.8 Å². The van der Waals surface area contributed by atoms with Gasteiger partial charge in [0.05, 0.1) is 28.1 Å². The quantitative estimate of drug-likeness (QED) is 0.424. The Morgan fingerprint density at radius 2 is 1.81 bits per heavy atom. The lowest BCUT2D eigenvalue weighted by molar-refractivity contribution is -0.139. The highest BCUT2D eigenvalue weighted by Crippen LogP contribution is 2.75. The van der Waals surface area contributed by atoms with Crippen molar-refractivity contribution in [2.75, 3.05) is 0 Å². The molecule has 2 unspecified atom stereocenters. The van der Waals surface area contributed by atoms with Gasteiger partial charge in [-0.05, 0) is 70.1 Å². The van der Waals surface area contributed by atoms with Crippen molar-refractivity contribution in [2.24, 2.45) is 34.0 Å². The topological polar surface area (TPSA) is 94.8 Å². The summed E-state index contributed by atoms with van der Waals surface area (Å²) in [7, 11) is 0. The number of fused-ring (bicyclic) bond motifs is 1. The summed E-state index contributed by atoms with van der Waals surface area (Å²) in [5.74, 6) is -1.34. The third kappa shape index (κ3) is 3.26. The molecule has 0 saturated heterocycles. The van der Waals surface area contributed by atoms with Crippen molar-refractivity contribution in [3.05, 3.63) is 23.0 Å². The molecule has 31 heavy (non-hydrogen) atoms. The Morgan fingerprint density at radius 3 is 2.29 bits per heavy atom. The normalized spacial score (nSPS) is 36.7. The van der Waals surface area contributed by atoms with Crippen molar-refractivity contribution in [3.8, 4) is 0 Å². The molecule has 5 nitrogen and oxygen atoms in total. The summed E-state index contributed by atoms with van der Waals surface area (Å²) in [6, 6.07) is 0. The average Bonchev–Trinajstić information content (AvgIpc) is 2.97. The lowest BCUT2D eigenvalue weighted by atomic mass is 9.61. The Morgan fingerprint density at radius 1 is 1.23 bits per heavy atom. The molecule has 0 aliphatic heterocycles. The highest BCUT2D eigenvalue weighted by Gasteiger charge is 2.77. The molecule has 3 N–H and O–H groups in total. The summed E-state index contributed by atoms with van der Waals surface area (Å²) >= 11 is 0. The molecular weight excluding hydrogens is 392 g/mol. The lowest BCUT2D eigenvalue weighted by Gasteiger charge is -2.44. The van der Waals surface area contributed by atoms with Crippen LogP contribution >= 0.6 is 0 Å². The molecule has 2 fully saturated rings. The largest absolute Gasteiger partial charge is 0.511 e. The van der Waals surface area contributed by atoms with Crippen molar-refractivity contribution in [3.63, 3.8) is 0 Å². The summed E-state index contributed by atoms with van der Waals surface area (Å²) in [5.41, 5.74) is -2.71. The predicted octanol–water partition coefficient (Wildman–Crippen LogP) is 4.52. The SMILES string of the molecule is CC(C)=CCC12C[C@H]3C(C)(C)[C@@H](C(C)(C)O)C[C@@]3(C(O)=C(C(=O)CC(C)C)C1=O)C2O. The van der Waals surface area contributed by atoms with Crippen molar-refractivity contribution >= 4 is 11.6 Å². The van der Waals surface area contributed by atoms with Gasteiger partial charge in [-0.1, -0.05) is 39.3 Å². The minimum atomic E-state index is -1.11. The van der Waals surface area contributed by atoms with E-state index >= 15 is 0 Å². The number of allylic oxidation sites excluding steroid dienone is 3. The van der Waals surface area contributed by atoms with Gasteiger partial charge in [-0.25, -0.2) is 0 Å². The van der Waals surface area contributed by atoms with Crippen LogP contribution in [0, 0.1) is 34.0 Å². The molecule has 2 saturated carbocycles. The average molecular weight is 433 g/mol. The van der Waals surface area contributed by atoms with Crippen LogP contribution in [-0.4, -0.2) is 38.6 Å². The van der Waals surface area contributed by atoms with Crippen molar-refractivity contribution in [1.29, 1.82) is 0 Å². The van der Waals surface area contributed by atoms with Gasteiger partial charge in [-0.2, -0.15) is 0 Å². The number of hydrogen-bond acceptors (Lipinski definition) is 5. The van der Waals surface area contributed by atoms with Crippen molar-refractivity contribution < 1.29 is 24.9 Å². The van der Waals surface area contributed by atoms with Crippen LogP contribution < -0.4 is 0 Å². The minimum absolute atomic E-state index is 0.0521. The molecule has 0 amide bonds. The van der Waals surface area contributed by atoms with E-state index in [0.717, 1.165) is 5.57 Å². The van der Waals surface area contributed by atoms with E-state index in [0.29, 0.717) is 19.3 Å². The molecule has 5 heteroatoms. The van der Waals surface area contributed by atoms with E-state index in [1.165, 1.54) is 0 Å². The monoisotopic (exact) mass is 432 g/mol. The molecular formula is C26H40O5. The molecule has 0 heterocycles. The number of aliphatic hydroxyl groups is 3. The van der Waals surface area contributed by atoms with Crippen LogP contribution in [0.5, 0.6) is 0 Å². The summed E-state index contributed by atoms with van der Waals surface area (Å²) in [6.45, 7) is 15.4. The number of carbonyl (C=O) groups excluding carboxylic acids is 2. The Labute approximate surface area is 186 Å². The van der Waals surface area contributed by atoms with Crippen LogP contribution in [0.4, 0.5) is 0 Å². The molecule has 0 aromatic heterocycles. The zero-order valence-corrected chi connectivity index (χ0v) is 20.4. The first-order valence-electron chi connectivity index (χ1n) is 11.6. The van der Waals surface area contributed by atoms with Crippen LogP contribution in [0.2, 0.25) is 0 Å². The molecule has 0 aromatic carbocycles. The highest BCUT2D eigenvalue weighted by atomic mass is 16.3. The third-order valence-electron chi connectivity index (χ3n) is 8.50. The summed E-state index contributed by atoms with van der Waals surface area (Å²) < 4.78 is 0. The molecule has 1 spiro atoms. The maximum atomic E-state index is 13.8. The third-order valence-corrected chi connectivity index (χ3v) is 8.50. The fourth-order valence-corrected chi connectivity index (χ4v) is 7.13. The summed E-state index contributed by atoms with van der Waals surface area (Å²) in [6.07, 6.45) is 2.16. The molecule has 174 valence electrons. The number of carbonyl (C=O) groups is 2. The molecule has 2 bridgehead atoms. The van der Waals surface area contributed by atoms with Gasteiger partial charge >= 0.3 is 0 Å². The zero-order chi connectivity index (χ0) is 23.7. The predicted molar refractivity (Wildman–Crippen MR) is 120 cm³/mol. The van der Waals surface area contributed by atoms with E-state index in [1.807, 2.05) is 33.8 Å². The molecule has 3 rings (SSSR count). The fraction of sp³-hybridized carbons (Fsp3) is 0.769. The van der Waals surface area contributed by atoms with Crippen LogP contribution in [0.1, 0.15) is 81.1 Å². The van der Waals surface area contributed by atoms with E-state index in [-0.39, 0.29) is 41.3 Å². The van der Waals surface area contributed by atoms with Gasteiger partial charge in [0.2, 0.25) is 0 Å². The van der Waals surface area contributed by atoms with Gasteiger partial charge in [0.25, 0.3) is 0 Å². The smallest absolute Gasteiger partial charge is 0.178 e. The number of ketones is 2. The minimum Gasteiger partial charge on any atom is -0.511 e. The number of Topliss-reactive ketones (excluding diaryl/α,β-unsaturated/α-hetero) is 2. The standard InChI is InChI=1S/C26H40O5/c1-14(2)9-10-25-12-18-23(5,6)17(24(7,8)31)13-26(18,22(25)30)21(29)19(20(25)28)16(27)11-15(3)4/h9,15,17-18,22,29-31H,10-13H2,1-8H3/t17-,18-,22?,25?,26+/m0/s1. The van der Waals surface area contributed by atoms with E-state index in [1.54, 1.807) is 13.8 Å². The van der Waals surface area contributed by atoms with E-state index < -0.39 is 33.7 Å². The Bertz CT molecular complexity index is 852. The van der Waals surface area contributed by atoms with Gasteiger partial charge in [-0.3, -0.25) is 9.59 Å². The van der Waals surface area contributed by atoms with Crippen molar-refractivity contribution in [1.82, 2.24) is 0 Å². The number of aliphatic hydroxyl groups excluding tert-OH is 2. The Kier molecular flexibility index (Phi) is 5.68. The van der Waals surface area contributed by atoms with Gasteiger partial charge in [0.1, 0.15) is 5.76 Å². The first kappa shape index (κ1) is 24.2. The first-order valence-corrected chi connectivity index (χ1v) is 11.6. The molecule has 3 aliphatic carbocycles.